The van der Waals surface area contributed by atoms with E-state index in [1.165, 1.54) is 5.56 Å². The third kappa shape index (κ3) is 6.87. The lowest BCUT2D eigenvalue weighted by atomic mass is 10.2. The highest BCUT2D eigenvalue weighted by molar-refractivity contribution is 5.75. The molecular formula is C19H23NO3. The molecule has 2 aromatic rings. The first kappa shape index (κ1) is 16.9. The first-order valence-corrected chi connectivity index (χ1v) is 7.88. The van der Waals surface area contributed by atoms with Gasteiger partial charge >= 0.3 is 0 Å². The van der Waals surface area contributed by atoms with Gasteiger partial charge < -0.3 is 14.8 Å². The van der Waals surface area contributed by atoms with Crippen molar-refractivity contribution >= 4 is 5.91 Å². The Balaban J connectivity index is 1.51. The van der Waals surface area contributed by atoms with Gasteiger partial charge in [-0.3, -0.25) is 4.79 Å². The summed E-state index contributed by atoms with van der Waals surface area (Å²) in [7, 11) is 0. The van der Waals surface area contributed by atoms with Gasteiger partial charge in [0, 0.05) is 6.42 Å². The fourth-order valence-corrected chi connectivity index (χ4v) is 2.02. The highest BCUT2D eigenvalue weighted by atomic mass is 16.5. The van der Waals surface area contributed by atoms with Crippen molar-refractivity contribution < 1.29 is 14.3 Å². The Hall–Kier alpha value is -2.49. The van der Waals surface area contributed by atoms with Crippen molar-refractivity contribution in [3.63, 3.8) is 0 Å². The molecule has 4 nitrogen and oxygen atoms in total. The lowest BCUT2D eigenvalue weighted by Gasteiger charge is -2.08. The summed E-state index contributed by atoms with van der Waals surface area (Å²) in [6.45, 7) is 3.55. The molecule has 2 aromatic carbocycles. The summed E-state index contributed by atoms with van der Waals surface area (Å²) < 4.78 is 11.1. The average Bonchev–Trinajstić information content (AvgIpc) is 2.58. The molecule has 122 valence electrons. The third-order valence-corrected chi connectivity index (χ3v) is 3.27. The van der Waals surface area contributed by atoms with E-state index in [0.717, 1.165) is 11.5 Å². The molecule has 0 heterocycles. The largest absolute Gasteiger partial charge is 0.494 e. The Bertz CT molecular complexity index is 581. The number of para-hydroxylation sites is 1. The van der Waals surface area contributed by atoms with Crippen LogP contribution in [0.1, 0.15) is 18.4 Å². The van der Waals surface area contributed by atoms with Crippen LogP contribution < -0.4 is 14.8 Å². The van der Waals surface area contributed by atoms with Gasteiger partial charge in [0.2, 0.25) is 5.91 Å². The lowest BCUT2D eigenvalue weighted by molar-refractivity contribution is -0.121. The molecule has 2 rings (SSSR count). The summed E-state index contributed by atoms with van der Waals surface area (Å²) in [6, 6.07) is 17.5. The molecule has 0 aliphatic rings. The zero-order chi connectivity index (χ0) is 16.3. The molecular weight excluding hydrogens is 290 g/mol. The summed E-state index contributed by atoms with van der Waals surface area (Å²) in [5, 5.41) is 2.84. The Morgan fingerprint density at radius 2 is 1.57 bits per heavy atom. The molecule has 0 atom stereocenters. The van der Waals surface area contributed by atoms with Gasteiger partial charge in [-0.25, -0.2) is 0 Å². The summed E-state index contributed by atoms with van der Waals surface area (Å²) in [4.78, 5) is 11.7. The number of amides is 1. The highest BCUT2D eigenvalue weighted by Crippen LogP contribution is 2.11. The van der Waals surface area contributed by atoms with Crippen molar-refractivity contribution in [2.24, 2.45) is 0 Å². The summed E-state index contributed by atoms with van der Waals surface area (Å²) >= 11 is 0. The van der Waals surface area contributed by atoms with Crippen LogP contribution in [0.4, 0.5) is 0 Å². The molecule has 0 saturated heterocycles. The summed E-state index contributed by atoms with van der Waals surface area (Å²) in [6.07, 6.45) is 1.15. The number of ether oxygens (including phenoxy) is 2. The van der Waals surface area contributed by atoms with Gasteiger partial charge in [-0.1, -0.05) is 35.9 Å². The maximum Gasteiger partial charge on any atom is 0.220 e. The van der Waals surface area contributed by atoms with E-state index in [2.05, 4.69) is 5.32 Å². The fraction of sp³-hybridized carbons (Fsp3) is 0.316. The van der Waals surface area contributed by atoms with Crippen LogP contribution in [-0.2, 0) is 4.79 Å². The van der Waals surface area contributed by atoms with Crippen molar-refractivity contribution in [3.05, 3.63) is 60.2 Å². The van der Waals surface area contributed by atoms with E-state index in [0.29, 0.717) is 32.6 Å². The van der Waals surface area contributed by atoms with Gasteiger partial charge in [-0.05, 0) is 37.6 Å². The minimum absolute atomic E-state index is 0.0224. The molecule has 1 amide bonds. The lowest BCUT2D eigenvalue weighted by Crippen LogP contribution is -2.28. The predicted octanol–water partition coefficient (Wildman–Crippen LogP) is 3.35. The van der Waals surface area contributed by atoms with Crippen LogP contribution in [0.2, 0.25) is 0 Å². The van der Waals surface area contributed by atoms with Crippen LogP contribution in [0.15, 0.2) is 54.6 Å². The Kier molecular flexibility index (Phi) is 6.98. The number of nitrogens with one attached hydrogen (secondary N) is 1. The first-order chi connectivity index (χ1) is 11.2. The molecule has 0 aliphatic carbocycles. The monoisotopic (exact) mass is 313 g/mol. The SMILES string of the molecule is Cc1ccc(OCCCC(=O)NCCOc2ccccc2)cc1. The minimum atomic E-state index is 0.0224. The standard InChI is InChI=1S/C19H23NO3/c1-16-9-11-18(12-10-16)22-14-5-8-19(21)20-13-15-23-17-6-3-2-4-7-17/h2-4,6-7,9-12H,5,8,13-15H2,1H3,(H,20,21). The Morgan fingerprint density at radius 1 is 0.913 bits per heavy atom. The van der Waals surface area contributed by atoms with Crippen LogP contribution in [-0.4, -0.2) is 25.7 Å². The van der Waals surface area contributed by atoms with Crippen LogP contribution in [0.25, 0.3) is 0 Å². The van der Waals surface area contributed by atoms with Crippen molar-refractivity contribution in [3.8, 4) is 11.5 Å². The number of hydrogen-bond donors (Lipinski definition) is 1. The number of carbonyl (C=O) groups excluding carboxylic acids is 1. The van der Waals surface area contributed by atoms with E-state index in [4.69, 9.17) is 9.47 Å². The molecule has 0 fully saturated rings. The van der Waals surface area contributed by atoms with Gasteiger partial charge in [-0.2, -0.15) is 0 Å². The topological polar surface area (TPSA) is 47.6 Å². The maximum absolute atomic E-state index is 11.7. The molecule has 23 heavy (non-hydrogen) atoms. The number of hydrogen-bond acceptors (Lipinski definition) is 3. The maximum atomic E-state index is 11.7. The summed E-state index contributed by atoms with van der Waals surface area (Å²) in [5.74, 6) is 1.68. The molecule has 4 heteroatoms. The molecule has 1 N–H and O–H groups in total. The quantitative estimate of drug-likeness (QED) is 0.722. The second kappa shape index (κ2) is 9.51. The second-order valence-electron chi connectivity index (χ2n) is 5.28. The van der Waals surface area contributed by atoms with Crippen LogP contribution in [0, 0.1) is 6.92 Å². The van der Waals surface area contributed by atoms with Crippen molar-refractivity contribution in [1.82, 2.24) is 5.32 Å². The van der Waals surface area contributed by atoms with Crippen LogP contribution in [0.3, 0.4) is 0 Å². The van der Waals surface area contributed by atoms with E-state index in [1.54, 1.807) is 0 Å². The van der Waals surface area contributed by atoms with Crippen molar-refractivity contribution in [1.29, 1.82) is 0 Å². The van der Waals surface area contributed by atoms with Crippen molar-refractivity contribution in [2.45, 2.75) is 19.8 Å². The molecule has 0 bridgehead atoms. The van der Waals surface area contributed by atoms with E-state index < -0.39 is 0 Å². The number of benzene rings is 2. The van der Waals surface area contributed by atoms with Gasteiger partial charge in [0.15, 0.2) is 0 Å². The Labute approximate surface area is 137 Å². The van der Waals surface area contributed by atoms with Crippen LogP contribution in [0.5, 0.6) is 11.5 Å². The van der Waals surface area contributed by atoms with Gasteiger partial charge in [0.05, 0.1) is 13.2 Å². The van der Waals surface area contributed by atoms with Gasteiger partial charge in [-0.15, -0.1) is 0 Å². The second-order valence-corrected chi connectivity index (χ2v) is 5.28. The minimum Gasteiger partial charge on any atom is -0.494 e. The van der Waals surface area contributed by atoms with Crippen molar-refractivity contribution in [2.75, 3.05) is 19.8 Å². The molecule has 0 aromatic heterocycles. The Morgan fingerprint density at radius 3 is 2.30 bits per heavy atom. The van der Waals surface area contributed by atoms with Crippen LogP contribution >= 0.6 is 0 Å². The average molecular weight is 313 g/mol. The normalized spacial score (nSPS) is 10.1. The predicted molar refractivity (Wildman–Crippen MR) is 90.9 cm³/mol. The number of rotatable bonds is 9. The zero-order valence-corrected chi connectivity index (χ0v) is 13.5. The molecule has 0 aliphatic heterocycles. The van der Waals surface area contributed by atoms with Gasteiger partial charge in [0.1, 0.15) is 18.1 Å². The zero-order valence-electron chi connectivity index (χ0n) is 13.5. The van der Waals surface area contributed by atoms with E-state index in [-0.39, 0.29) is 5.91 Å². The third-order valence-electron chi connectivity index (χ3n) is 3.27. The van der Waals surface area contributed by atoms with E-state index in [9.17, 15) is 4.79 Å². The smallest absolute Gasteiger partial charge is 0.220 e. The van der Waals surface area contributed by atoms with E-state index in [1.807, 2.05) is 61.5 Å². The molecule has 0 radical (unpaired) electrons. The van der Waals surface area contributed by atoms with Gasteiger partial charge in [0.25, 0.3) is 0 Å². The number of aryl methyl sites for hydroxylation is 1. The molecule has 0 unspecified atom stereocenters. The first-order valence-electron chi connectivity index (χ1n) is 7.88. The molecule has 0 saturated carbocycles. The molecule has 0 spiro atoms. The van der Waals surface area contributed by atoms with E-state index >= 15 is 0 Å². The highest BCUT2D eigenvalue weighted by Gasteiger charge is 2.01. The fourth-order valence-electron chi connectivity index (χ4n) is 2.02. The number of carbonyl (C=O) groups is 1. The summed E-state index contributed by atoms with van der Waals surface area (Å²) in [5.41, 5.74) is 1.20.